The second-order valence-electron chi connectivity index (χ2n) is 8.79. The van der Waals surface area contributed by atoms with Gasteiger partial charge in [0.2, 0.25) is 0 Å². The molecule has 2 unspecified atom stereocenters. The van der Waals surface area contributed by atoms with Crippen molar-refractivity contribution in [2.24, 2.45) is 11.3 Å². The predicted octanol–water partition coefficient (Wildman–Crippen LogP) is 5.06. The fourth-order valence-electron chi connectivity index (χ4n) is 4.81. The van der Waals surface area contributed by atoms with Crippen LogP contribution in [0.15, 0.2) is 96.1 Å². The molecule has 0 amide bonds. The van der Waals surface area contributed by atoms with E-state index >= 15 is 0 Å². The summed E-state index contributed by atoms with van der Waals surface area (Å²) in [5, 5.41) is 2.62. The number of methoxy groups -OCH3 is 2. The van der Waals surface area contributed by atoms with Crippen LogP contribution in [0.2, 0.25) is 0 Å². The second kappa shape index (κ2) is 8.23. The van der Waals surface area contributed by atoms with Gasteiger partial charge in [-0.05, 0) is 59.4 Å². The number of nitrogens with zero attached hydrogens (tertiary/aromatic N) is 1. The lowest BCUT2D eigenvalue weighted by molar-refractivity contribution is 0.275. The predicted molar refractivity (Wildman–Crippen MR) is 131 cm³/mol. The summed E-state index contributed by atoms with van der Waals surface area (Å²) >= 11 is 0. The molecule has 3 nitrogen and oxygen atoms in total. The zero-order chi connectivity index (χ0) is 22.1. The molecule has 2 aromatic carbocycles. The van der Waals surface area contributed by atoms with E-state index in [1.54, 1.807) is 14.2 Å². The fourth-order valence-corrected chi connectivity index (χ4v) is 4.81. The molecule has 0 heterocycles. The molecule has 3 heteroatoms. The quantitative estimate of drug-likeness (QED) is 0.671. The first kappa shape index (κ1) is 20.4. The van der Waals surface area contributed by atoms with Crippen molar-refractivity contribution >= 4 is 17.8 Å². The summed E-state index contributed by atoms with van der Waals surface area (Å²) in [6, 6.07) is 16.9. The van der Waals surface area contributed by atoms with E-state index in [9.17, 15) is 0 Å². The van der Waals surface area contributed by atoms with Crippen LogP contribution >= 0.6 is 0 Å². The smallest absolute Gasteiger partial charge is 0.119 e. The maximum Gasteiger partial charge on any atom is 0.119 e. The van der Waals surface area contributed by atoms with Gasteiger partial charge in [-0.25, -0.2) is 0 Å². The van der Waals surface area contributed by atoms with E-state index < -0.39 is 0 Å². The lowest BCUT2D eigenvalue weighted by atomic mass is 9.70. The van der Waals surface area contributed by atoms with Gasteiger partial charge in [-0.1, -0.05) is 55.5 Å². The minimum atomic E-state index is -0.0203. The number of benzene rings is 2. The number of ether oxygens (including phenoxy) is 2. The summed E-state index contributed by atoms with van der Waals surface area (Å²) in [4.78, 5) is 2.37. The summed E-state index contributed by atoms with van der Waals surface area (Å²) in [7, 11) is 3.44. The van der Waals surface area contributed by atoms with Crippen molar-refractivity contribution in [3.05, 3.63) is 107 Å². The van der Waals surface area contributed by atoms with Crippen LogP contribution in [-0.2, 0) is 4.74 Å². The molecule has 5 rings (SSSR count). The van der Waals surface area contributed by atoms with E-state index in [1.165, 1.54) is 21.8 Å². The van der Waals surface area contributed by atoms with Crippen molar-refractivity contribution in [3.8, 4) is 5.75 Å². The van der Waals surface area contributed by atoms with E-state index in [1.807, 2.05) is 12.1 Å². The minimum Gasteiger partial charge on any atom is -0.501 e. The highest BCUT2D eigenvalue weighted by molar-refractivity contribution is 5.65. The number of fused-ring (bicyclic) bond motifs is 2. The van der Waals surface area contributed by atoms with Crippen molar-refractivity contribution in [1.82, 2.24) is 0 Å². The zero-order valence-electron chi connectivity index (χ0n) is 18.9. The molecule has 0 saturated carbocycles. The van der Waals surface area contributed by atoms with Gasteiger partial charge in [0.1, 0.15) is 5.75 Å². The fraction of sp³-hybridized carbons (Fsp3) is 0.241. The molecule has 2 aromatic rings. The summed E-state index contributed by atoms with van der Waals surface area (Å²) in [6.07, 6.45) is 18.0. The maximum atomic E-state index is 5.46. The van der Waals surface area contributed by atoms with Gasteiger partial charge in [0.25, 0.3) is 0 Å². The summed E-state index contributed by atoms with van der Waals surface area (Å²) in [5.41, 5.74) is 3.57. The minimum absolute atomic E-state index is 0.0203. The summed E-state index contributed by atoms with van der Waals surface area (Å²) < 4.78 is 10.9. The Morgan fingerprint density at radius 1 is 0.875 bits per heavy atom. The van der Waals surface area contributed by atoms with Crippen molar-refractivity contribution in [3.63, 3.8) is 0 Å². The Hall–Kier alpha value is -3.46. The Morgan fingerprint density at radius 3 is 2.34 bits per heavy atom. The van der Waals surface area contributed by atoms with E-state index in [-0.39, 0.29) is 5.41 Å². The summed E-state index contributed by atoms with van der Waals surface area (Å²) in [6.45, 7) is 2.32. The van der Waals surface area contributed by atoms with E-state index in [4.69, 9.17) is 9.47 Å². The molecule has 0 fully saturated rings. The number of allylic oxidation sites excluding steroid dienone is 7. The van der Waals surface area contributed by atoms with Gasteiger partial charge in [0.05, 0.1) is 20.0 Å². The average molecular weight is 424 g/mol. The van der Waals surface area contributed by atoms with Gasteiger partial charge in [-0.3, -0.25) is 0 Å². The largest absolute Gasteiger partial charge is 0.501 e. The third kappa shape index (κ3) is 3.69. The highest BCUT2D eigenvalue weighted by atomic mass is 16.5. The first-order valence-electron chi connectivity index (χ1n) is 11.2. The third-order valence-corrected chi connectivity index (χ3v) is 6.73. The third-order valence-electron chi connectivity index (χ3n) is 6.73. The van der Waals surface area contributed by atoms with Crippen LogP contribution in [-0.4, -0.2) is 14.2 Å². The normalized spacial score (nSPS) is 23.3. The Morgan fingerprint density at radius 2 is 1.66 bits per heavy atom. The van der Waals surface area contributed by atoms with Crippen LogP contribution in [0.3, 0.4) is 0 Å². The van der Waals surface area contributed by atoms with Crippen molar-refractivity contribution < 1.29 is 9.47 Å². The molecule has 0 aliphatic heterocycles. The molecule has 0 N–H and O–H groups in total. The molecule has 0 saturated heterocycles. The second-order valence-corrected chi connectivity index (χ2v) is 8.79. The van der Waals surface area contributed by atoms with Crippen LogP contribution < -0.4 is 20.1 Å². The standard InChI is InChI=1S/C29H29NO2/c1-29-17-16-26(19-23(29)18-21-6-4-5-7-22(21)20-29)30(24-8-12-27(31-2)13-9-24)25-10-14-28(32-3)15-11-25/h4-10,12-14,16-20,23H,11,15H2,1-3H3. The summed E-state index contributed by atoms with van der Waals surface area (Å²) in [5.74, 6) is 2.18. The van der Waals surface area contributed by atoms with Crippen LogP contribution in [0.4, 0.5) is 5.69 Å². The zero-order valence-corrected chi connectivity index (χ0v) is 18.9. The molecule has 0 aromatic heterocycles. The molecule has 162 valence electrons. The molecule has 3 aliphatic carbocycles. The topological polar surface area (TPSA) is 21.7 Å². The molecule has 3 aliphatic rings. The van der Waals surface area contributed by atoms with Crippen LogP contribution in [0.25, 0.3) is 12.2 Å². The maximum absolute atomic E-state index is 5.46. The molecule has 32 heavy (non-hydrogen) atoms. The van der Waals surface area contributed by atoms with Gasteiger partial charge in [-0.15, -0.1) is 0 Å². The Balaban J connectivity index is 1.59. The van der Waals surface area contributed by atoms with Crippen LogP contribution in [0.5, 0.6) is 5.75 Å². The SMILES string of the molecule is COC1=CC=C(N(C2=CC3C=c4ccccc4=CC3(C)C=C2)c2ccc(OC)cc2)CC1. The van der Waals surface area contributed by atoms with Gasteiger partial charge >= 0.3 is 0 Å². The molecule has 0 bridgehead atoms. The van der Waals surface area contributed by atoms with E-state index in [2.05, 4.69) is 90.8 Å². The van der Waals surface area contributed by atoms with E-state index in [0.29, 0.717) is 5.92 Å². The highest BCUT2D eigenvalue weighted by Crippen LogP contribution is 2.41. The van der Waals surface area contributed by atoms with Crippen LogP contribution in [0.1, 0.15) is 19.8 Å². The lowest BCUT2D eigenvalue weighted by Crippen LogP contribution is -2.38. The molecular weight excluding hydrogens is 394 g/mol. The number of hydrogen-bond donors (Lipinski definition) is 0. The van der Waals surface area contributed by atoms with Crippen molar-refractivity contribution in [2.45, 2.75) is 19.8 Å². The Labute approximate surface area is 190 Å². The molecule has 0 radical (unpaired) electrons. The molecule has 0 spiro atoms. The van der Waals surface area contributed by atoms with Gasteiger partial charge < -0.3 is 14.4 Å². The van der Waals surface area contributed by atoms with Crippen molar-refractivity contribution in [1.29, 1.82) is 0 Å². The Bertz CT molecular complexity index is 1260. The number of anilines is 1. The van der Waals surface area contributed by atoms with Gasteiger partial charge in [-0.2, -0.15) is 0 Å². The Kier molecular flexibility index (Phi) is 5.26. The number of hydrogen-bond acceptors (Lipinski definition) is 3. The van der Waals surface area contributed by atoms with Crippen LogP contribution in [0, 0.1) is 11.3 Å². The lowest BCUT2D eigenvalue weighted by Gasteiger charge is -2.38. The molecular formula is C29H29NO2. The highest BCUT2D eigenvalue weighted by Gasteiger charge is 2.33. The van der Waals surface area contributed by atoms with Crippen molar-refractivity contribution in [2.75, 3.05) is 19.1 Å². The average Bonchev–Trinajstić information content (AvgIpc) is 2.84. The van der Waals surface area contributed by atoms with Gasteiger partial charge in [0.15, 0.2) is 0 Å². The van der Waals surface area contributed by atoms with Gasteiger partial charge in [0, 0.05) is 34.8 Å². The first-order valence-corrected chi connectivity index (χ1v) is 11.2. The van der Waals surface area contributed by atoms with E-state index in [0.717, 1.165) is 30.0 Å². The first-order chi connectivity index (χ1) is 15.6. The number of rotatable bonds is 5. The molecule has 2 atom stereocenters. The monoisotopic (exact) mass is 423 g/mol.